The number of hydrogen-bond acceptors (Lipinski definition) is 4. The summed E-state index contributed by atoms with van der Waals surface area (Å²) in [5.41, 5.74) is 7.56. The van der Waals surface area contributed by atoms with Gasteiger partial charge < -0.3 is 20.3 Å². The van der Waals surface area contributed by atoms with Crippen LogP contribution in [0.5, 0.6) is 0 Å². The molecule has 4 rings (SSSR count). The molecule has 1 saturated heterocycles. The predicted molar refractivity (Wildman–Crippen MR) is 129 cm³/mol. The van der Waals surface area contributed by atoms with E-state index < -0.39 is 11.5 Å². The molecule has 1 fully saturated rings. The zero-order chi connectivity index (χ0) is 22.2. The summed E-state index contributed by atoms with van der Waals surface area (Å²) in [7, 11) is 2.14. The number of carboxylic acids is 1. The Morgan fingerprint density at radius 1 is 1.19 bits per heavy atom. The quantitative estimate of drug-likeness (QED) is 0.476. The standard InChI is InChI=1S/C23H26Br2N4O2/c1-28-10-8-15(9-11-28)14-29-20-5-3-2-4-19(20)27-21(29)23(26,22(30)31)13-16-6-7-17(24)18(25)12-16/h2-7,12,15H,8-11,13-14,26H2,1H3,(H,30,31). The average molecular weight is 550 g/mol. The molecule has 3 aromatic rings. The summed E-state index contributed by atoms with van der Waals surface area (Å²) in [6.07, 6.45) is 2.30. The zero-order valence-corrected chi connectivity index (χ0v) is 20.6. The van der Waals surface area contributed by atoms with Gasteiger partial charge in [-0.2, -0.15) is 0 Å². The first kappa shape index (κ1) is 22.5. The lowest BCUT2D eigenvalue weighted by Crippen LogP contribution is -2.49. The van der Waals surface area contributed by atoms with Gasteiger partial charge in [0.15, 0.2) is 5.54 Å². The molecule has 0 aliphatic carbocycles. The Kier molecular flexibility index (Phi) is 6.53. The molecule has 2 heterocycles. The highest BCUT2D eigenvalue weighted by Crippen LogP contribution is 2.32. The Morgan fingerprint density at radius 2 is 1.90 bits per heavy atom. The second-order valence-corrected chi connectivity index (χ2v) is 10.2. The highest BCUT2D eigenvalue weighted by molar-refractivity contribution is 9.13. The van der Waals surface area contributed by atoms with E-state index in [2.05, 4.69) is 43.8 Å². The van der Waals surface area contributed by atoms with Gasteiger partial charge in [0.1, 0.15) is 5.82 Å². The topological polar surface area (TPSA) is 84.4 Å². The van der Waals surface area contributed by atoms with E-state index in [1.165, 1.54) is 0 Å². The monoisotopic (exact) mass is 548 g/mol. The van der Waals surface area contributed by atoms with Crippen molar-refractivity contribution >= 4 is 48.9 Å². The van der Waals surface area contributed by atoms with Crippen LogP contribution >= 0.6 is 31.9 Å². The number of aliphatic carboxylic acids is 1. The number of fused-ring (bicyclic) bond motifs is 1. The minimum atomic E-state index is -1.64. The molecule has 1 atom stereocenters. The van der Waals surface area contributed by atoms with Crippen molar-refractivity contribution in [3.63, 3.8) is 0 Å². The number of halogens is 2. The fraction of sp³-hybridized carbons (Fsp3) is 0.391. The molecule has 31 heavy (non-hydrogen) atoms. The second-order valence-electron chi connectivity index (χ2n) is 8.48. The number of piperidine rings is 1. The SMILES string of the molecule is CN1CCC(Cn2c(C(N)(Cc3ccc(Br)c(Br)c3)C(=O)O)nc3ccccc32)CC1. The Balaban J connectivity index is 1.77. The van der Waals surface area contributed by atoms with Gasteiger partial charge >= 0.3 is 5.97 Å². The van der Waals surface area contributed by atoms with Crippen LogP contribution in [0.4, 0.5) is 0 Å². The first-order valence-corrected chi connectivity index (χ1v) is 12.0. The van der Waals surface area contributed by atoms with Crippen LogP contribution in [0.2, 0.25) is 0 Å². The van der Waals surface area contributed by atoms with Crippen molar-refractivity contribution in [3.8, 4) is 0 Å². The Bertz CT molecular complexity index is 1110. The largest absolute Gasteiger partial charge is 0.480 e. The number of hydrogen-bond donors (Lipinski definition) is 2. The van der Waals surface area contributed by atoms with Crippen LogP contribution in [0.1, 0.15) is 24.2 Å². The van der Waals surface area contributed by atoms with Gasteiger partial charge in [-0.05, 0) is 101 Å². The predicted octanol–water partition coefficient (Wildman–Crippen LogP) is 4.38. The first-order valence-electron chi connectivity index (χ1n) is 10.4. The van der Waals surface area contributed by atoms with Crippen LogP contribution in [0.15, 0.2) is 51.4 Å². The van der Waals surface area contributed by atoms with Crippen molar-refractivity contribution in [1.82, 2.24) is 14.5 Å². The van der Waals surface area contributed by atoms with Crippen LogP contribution in [0.3, 0.4) is 0 Å². The van der Waals surface area contributed by atoms with Gasteiger partial charge in [-0.25, -0.2) is 9.78 Å². The molecule has 1 aliphatic heterocycles. The molecule has 1 aliphatic rings. The molecule has 0 spiro atoms. The minimum absolute atomic E-state index is 0.144. The highest BCUT2D eigenvalue weighted by atomic mass is 79.9. The van der Waals surface area contributed by atoms with E-state index in [9.17, 15) is 9.90 Å². The lowest BCUT2D eigenvalue weighted by molar-refractivity contribution is -0.144. The number of aromatic nitrogens is 2. The minimum Gasteiger partial charge on any atom is -0.480 e. The Labute approximate surface area is 198 Å². The van der Waals surface area contributed by atoms with Gasteiger partial charge in [0, 0.05) is 21.9 Å². The molecule has 1 aromatic heterocycles. The molecule has 0 radical (unpaired) electrons. The van der Waals surface area contributed by atoms with E-state index in [1.807, 2.05) is 47.0 Å². The van der Waals surface area contributed by atoms with Crippen LogP contribution in [0, 0.1) is 5.92 Å². The van der Waals surface area contributed by atoms with E-state index in [4.69, 9.17) is 10.7 Å². The van der Waals surface area contributed by atoms with Gasteiger partial charge in [-0.15, -0.1) is 0 Å². The van der Waals surface area contributed by atoms with Crippen molar-refractivity contribution in [2.24, 2.45) is 11.7 Å². The maximum Gasteiger partial charge on any atom is 0.331 e. The molecule has 3 N–H and O–H groups in total. The summed E-state index contributed by atoms with van der Waals surface area (Å²) in [4.78, 5) is 19.6. The van der Waals surface area contributed by atoms with E-state index in [0.29, 0.717) is 11.7 Å². The molecular formula is C23H26Br2N4O2. The normalized spacial score (nSPS) is 17.7. The van der Waals surface area contributed by atoms with Crippen LogP contribution in [0.25, 0.3) is 11.0 Å². The number of nitrogens with zero attached hydrogens (tertiary/aromatic N) is 3. The lowest BCUT2D eigenvalue weighted by atomic mass is 9.90. The number of benzene rings is 2. The van der Waals surface area contributed by atoms with E-state index in [-0.39, 0.29) is 6.42 Å². The maximum absolute atomic E-state index is 12.5. The molecule has 2 aromatic carbocycles. The molecule has 164 valence electrons. The smallest absolute Gasteiger partial charge is 0.331 e. The van der Waals surface area contributed by atoms with Gasteiger partial charge in [0.2, 0.25) is 0 Å². The van der Waals surface area contributed by atoms with Gasteiger partial charge in [-0.3, -0.25) is 0 Å². The highest BCUT2D eigenvalue weighted by Gasteiger charge is 2.41. The lowest BCUT2D eigenvalue weighted by Gasteiger charge is -2.31. The average Bonchev–Trinajstić information content (AvgIpc) is 3.11. The van der Waals surface area contributed by atoms with E-state index >= 15 is 0 Å². The summed E-state index contributed by atoms with van der Waals surface area (Å²) in [6, 6.07) is 13.5. The van der Waals surface area contributed by atoms with Crippen molar-refractivity contribution < 1.29 is 9.90 Å². The number of carboxylic acid groups (broad SMARTS) is 1. The summed E-state index contributed by atoms with van der Waals surface area (Å²) < 4.78 is 3.81. The van der Waals surface area contributed by atoms with Crippen molar-refractivity contribution in [1.29, 1.82) is 0 Å². The zero-order valence-electron chi connectivity index (χ0n) is 17.4. The number of carbonyl (C=O) groups is 1. The molecule has 8 heteroatoms. The van der Waals surface area contributed by atoms with E-state index in [1.54, 1.807) is 0 Å². The number of nitrogens with two attached hydrogens (primary N) is 1. The molecule has 1 unspecified atom stereocenters. The summed E-state index contributed by atoms with van der Waals surface area (Å²) in [5, 5.41) is 10.3. The Hall–Kier alpha value is -1.74. The number of rotatable bonds is 6. The van der Waals surface area contributed by atoms with E-state index in [0.717, 1.165) is 58.0 Å². The number of para-hydroxylation sites is 2. The number of imidazole rings is 1. The number of likely N-dealkylation sites (tertiary alicyclic amines) is 1. The van der Waals surface area contributed by atoms with Crippen LogP contribution < -0.4 is 5.73 Å². The third-order valence-electron chi connectivity index (χ3n) is 6.18. The fourth-order valence-electron chi connectivity index (χ4n) is 4.33. The van der Waals surface area contributed by atoms with Crippen molar-refractivity contribution in [3.05, 3.63) is 62.8 Å². The summed E-state index contributed by atoms with van der Waals surface area (Å²) >= 11 is 6.96. The van der Waals surface area contributed by atoms with Crippen molar-refractivity contribution in [2.75, 3.05) is 20.1 Å². The van der Waals surface area contributed by atoms with Gasteiger partial charge in [-0.1, -0.05) is 18.2 Å². The van der Waals surface area contributed by atoms with Crippen molar-refractivity contribution in [2.45, 2.75) is 31.3 Å². The van der Waals surface area contributed by atoms with Crippen LogP contribution in [-0.2, 0) is 23.3 Å². The van der Waals surface area contributed by atoms with Crippen LogP contribution in [-0.4, -0.2) is 45.7 Å². The third kappa shape index (κ3) is 4.58. The summed E-state index contributed by atoms with van der Waals surface area (Å²) in [5.74, 6) is -0.196. The third-order valence-corrected chi connectivity index (χ3v) is 8.06. The molecule has 0 bridgehead atoms. The summed E-state index contributed by atoms with van der Waals surface area (Å²) in [6.45, 7) is 2.82. The first-order chi connectivity index (χ1) is 14.8. The second kappa shape index (κ2) is 9.02. The Morgan fingerprint density at radius 3 is 2.58 bits per heavy atom. The van der Waals surface area contributed by atoms with Gasteiger partial charge in [0.05, 0.1) is 11.0 Å². The molecular weight excluding hydrogens is 524 g/mol. The molecule has 0 amide bonds. The molecule has 6 nitrogen and oxygen atoms in total. The molecule has 0 saturated carbocycles. The fourth-order valence-corrected chi connectivity index (χ4v) is 5.00. The van der Waals surface area contributed by atoms with Gasteiger partial charge in [0.25, 0.3) is 0 Å². The maximum atomic E-state index is 12.5.